The number of carboxylic acids is 1. The molecule has 6 heteroatoms. The third-order valence-electron chi connectivity index (χ3n) is 2.76. The number of amides is 1. The van der Waals surface area contributed by atoms with Gasteiger partial charge in [0.2, 0.25) is 5.91 Å². The lowest BCUT2D eigenvalue weighted by atomic mass is 10.2. The molecule has 104 valence electrons. The zero-order valence-corrected chi connectivity index (χ0v) is 10.8. The number of anilines is 1. The molecular weight excluding hydrogens is 263 g/mol. The Morgan fingerprint density at radius 2 is 2.10 bits per heavy atom. The number of hydrogen-bond acceptors (Lipinski definition) is 2. The van der Waals surface area contributed by atoms with Gasteiger partial charge in [-0.3, -0.25) is 4.79 Å². The first kappa shape index (κ1) is 13.8. The van der Waals surface area contributed by atoms with Crippen molar-refractivity contribution in [3.05, 3.63) is 53.6 Å². The number of rotatable bonds is 4. The van der Waals surface area contributed by atoms with Crippen molar-refractivity contribution in [2.45, 2.75) is 13.5 Å². The third kappa shape index (κ3) is 3.03. The molecule has 2 N–H and O–H groups in total. The Morgan fingerprint density at radius 1 is 1.35 bits per heavy atom. The van der Waals surface area contributed by atoms with Crippen LogP contribution in [0.2, 0.25) is 0 Å². The van der Waals surface area contributed by atoms with Crippen LogP contribution in [0.25, 0.3) is 0 Å². The summed E-state index contributed by atoms with van der Waals surface area (Å²) in [5.74, 6) is -2.15. The zero-order valence-electron chi connectivity index (χ0n) is 10.8. The quantitative estimate of drug-likeness (QED) is 0.899. The van der Waals surface area contributed by atoms with Crippen LogP contribution in [-0.2, 0) is 11.3 Å². The molecule has 0 aliphatic carbocycles. The second-order valence-electron chi connectivity index (χ2n) is 4.36. The smallest absolute Gasteiger partial charge is 0.352 e. The Bertz CT molecular complexity index is 664. The second kappa shape index (κ2) is 5.56. The zero-order chi connectivity index (χ0) is 14.7. The molecule has 0 atom stereocenters. The fourth-order valence-corrected chi connectivity index (χ4v) is 1.83. The molecular formula is C14H13FN2O3. The molecule has 5 nitrogen and oxygen atoms in total. The van der Waals surface area contributed by atoms with Crippen LogP contribution in [-0.4, -0.2) is 21.6 Å². The normalized spacial score (nSPS) is 10.3. The molecule has 0 aliphatic heterocycles. The number of aromatic carboxylic acids is 1. The van der Waals surface area contributed by atoms with Crippen LogP contribution in [0.1, 0.15) is 16.1 Å². The number of nitrogens with zero attached hydrogens (tertiary/aromatic N) is 1. The van der Waals surface area contributed by atoms with Crippen molar-refractivity contribution in [3.63, 3.8) is 0 Å². The summed E-state index contributed by atoms with van der Waals surface area (Å²) >= 11 is 0. The summed E-state index contributed by atoms with van der Waals surface area (Å²) < 4.78 is 14.8. The standard InChI is InChI=1S/C14H13FN2O3/c1-9-4-5-10(15)11(7-9)16-13(18)8-17-6-2-3-12(17)14(19)20/h2-7H,8H2,1H3,(H,16,18)(H,19,20). The van der Waals surface area contributed by atoms with Crippen LogP contribution < -0.4 is 5.32 Å². The molecule has 0 saturated carbocycles. The van der Waals surface area contributed by atoms with E-state index >= 15 is 0 Å². The van der Waals surface area contributed by atoms with Crippen molar-refractivity contribution < 1.29 is 19.1 Å². The SMILES string of the molecule is Cc1ccc(F)c(NC(=O)Cn2cccc2C(=O)O)c1. The lowest BCUT2D eigenvalue weighted by Gasteiger charge is -2.09. The summed E-state index contributed by atoms with van der Waals surface area (Å²) in [6, 6.07) is 7.30. The second-order valence-corrected chi connectivity index (χ2v) is 4.36. The molecule has 0 fully saturated rings. The van der Waals surface area contributed by atoms with Crippen LogP contribution >= 0.6 is 0 Å². The van der Waals surface area contributed by atoms with Gasteiger partial charge in [0.25, 0.3) is 0 Å². The molecule has 0 unspecified atom stereocenters. The van der Waals surface area contributed by atoms with Crippen molar-refractivity contribution in [1.29, 1.82) is 0 Å². The van der Waals surface area contributed by atoms with Gasteiger partial charge in [-0.25, -0.2) is 9.18 Å². The molecule has 1 aromatic carbocycles. The Kier molecular flexibility index (Phi) is 3.84. The molecule has 0 spiro atoms. The van der Waals surface area contributed by atoms with Crippen LogP contribution in [0.5, 0.6) is 0 Å². The highest BCUT2D eigenvalue weighted by Crippen LogP contribution is 2.15. The first-order chi connectivity index (χ1) is 9.47. The molecule has 0 saturated heterocycles. The predicted octanol–water partition coefficient (Wildman–Crippen LogP) is 2.27. The topological polar surface area (TPSA) is 71.3 Å². The van der Waals surface area contributed by atoms with Crippen molar-refractivity contribution in [3.8, 4) is 0 Å². The summed E-state index contributed by atoms with van der Waals surface area (Å²) in [6.07, 6.45) is 1.48. The van der Waals surface area contributed by atoms with Crippen LogP contribution in [0.15, 0.2) is 36.5 Å². The number of nitrogens with one attached hydrogen (secondary N) is 1. The van der Waals surface area contributed by atoms with Crippen LogP contribution in [0.4, 0.5) is 10.1 Å². The fourth-order valence-electron chi connectivity index (χ4n) is 1.83. The van der Waals surface area contributed by atoms with Crippen molar-refractivity contribution >= 4 is 17.6 Å². The van der Waals surface area contributed by atoms with Crippen molar-refractivity contribution in [1.82, 2.24) is 4.57 Å². The molecule has 0 radical (unpaired) electrons. The van der Waals surface area contributed by atoms with E-state index in [0.717, 1.165) is 5.56 Å². The number of aromatic nitrogens is 1. The van der Waals surface area contributed by atoms with Crippen LogP contribution in [0.3, 0.4) is 0 Å². The minimum absolute atomic E-state index is 0.00450. The van der Waals surface area contributed by atoms with Crippen LogP contribution in [0, 0.1) is 12.7 Å². The first-order valence-corrected chi connectivity index (χ1v) is 5.92. The lowest BCUT2D eigenvalue weighted by molar-refractivity contribution is -0.116. The minimum atomic E-state index is -1.12. The number of halogens is 1. The molecule has 2 rings (SSSR count). The highest BCUT2D eigenvalue weighted by atomic mass is 19.1. The average molecular weight is 276 g/mol. The number of benzene rings is 1. The number of carboxylic acid groups (broad SMARTS) is 1. The number of carbonyl (C=O) groups excluding carboxylic acids is 1. The highest BCUT2D eigenvalue weighted by molar-refractivity contribution is 5.92. The Hall–Kier alpha value is -2.63. The maximum Gasteiger partial charge on any atom is 0.352 e. The minimum Gasteiger partial charge on any atom is -0.477 e. The number of hydrogen-bond donors (Lipinski definition) is 2. The van der Waals surface area contributed by atoms with E-state index in [1.165, 1.54) is 35.0 Å². The Morgan fingerprint density at radius 3 is 2.80 bits per heavy atom. The molecule has 2 aromatic rings. The molecule has 20 heavy (non-hydrogen) atoms. The van der Waals surface area contributed by atoms with Gasteiger partial charge in [0.1, 0.15) is 18.1 Å². The maximum absolute atomic E-state index is 13.5. The molecule has 1 heterocycles. The van der Waals surface area contributed by atoms with E-state index < -0.39 is 17.7 Å². The first-order valence-electron chi connectivity index (χ1n) is 5.92. The van der Waals surface area contributed by atoms with Gasteiger partial charge in [-0.2, -0.15) is 0 Å². The van der Waals surface area contributed by atoms with E-state index in [-0.39, 0.29) is 17.9 Å². The summed E-state index contributed by atoms with van der Waals surface area (Å²) in [4.78, 5) is 22.7. The summed E-state index contributed by atoms with van der Waals surface area (Å²) in [6.45, 7) is 1.59. The van der Waals surface area contributed by atoms with Gasteiger partial charge >= 0.3 is 5.97 Å². The summed E-state index contributed by atoms with van der Waals surface area (Å²) in [7, 11) is 0. The van der Waals surface area contributed by atoms with Gasteiger partial charge < -0.3 is 15.0 Å². The van der Waals surface area contributed by atoms with E-state index in [2.05, 4.69) is 5.32 Å². The number of carbonyl (C=O) groups is 2. The summed E-state index contributed by atoms with van der Waals surface area (Å²) in [5, 5.41) is 11.4. The molecule has 0 aliphatic rings. The molecule has 1 aromatic heterocycles. The van der Waals surface area contributed by atoms with Crippen molar-refractivity contribution in [2.75, 3.05) is 5.32 Å². The Balaban J connectivity index is 2.11. The van der Waals surface area contributed by atoms with E-state index in [1.807, 2.05) is 0 Å². The van der Waals surface area contributed by atoms with Gasteiger partial charge in [-0.15, -0.1) is 0 Å². The summed E-state index contributed by atoms with van der Waals surface area (Å²) in [5.41, 5.74) is 0.901. The number of aryl methyl sites for hydroxylation is 1. The van der Waals surface area contributed by atoms with Gasteiger partial charge in [0, 0.05) is 6.20 Å². The van der Waals surface area contributed by atoms with E-state index in [0.29, 0.717) is 0 Å². The average Bonchev–Trinajstić information content (AvgIpc) is 2.82. The van der Waals surface area contributed by atoms with Gasteiger partial charge in [0.05, 0.1) is 5.69 Å². The monoisotopic (exact) mass is 276 g/mol. The third-order valence-corrected chi connectivity index (χ3v) is 2.76. The largest absolute Gasteiger partial charge is 0.477 e. The Labute approximate surface area is 114 Å². The predicted molar refractivity (Wildman–Crippen MR) is 71.2 cm³/mol. The fraction of sp³-hybridized carbons (Fsp3) is 0.143. The van der Waals surface area contributed by atoms with Gasteiger partial charge in [0.15, 0.2) is 0 Å². The van der Waals surface area contributed by atoms with Gasteiger partial charge in [-0.1, -0.05) is 6.07 Å². The maximum atomic E-state index is 13.5. The lowest BCUT2D eigenvalue weighted by Crippen LogP contribution is -2.21. The highest BCUT2D eigenvalue weighted by Gasteiger charge is 2.13. The van der Waals surface area contributed by atoms with Gasteiger partial charge in [-0.05, 0) is 36.8 Å². The molecule has 0 bridgehead atoms. The van der Waals surface area contributed by atoms with E-state index in [9.17, 15) is 14.0 Å². The van der Waals surface area contributed by atoms with E-state index in [1.54, 1.807) is 13.0 Å². The molecule has 1 amide bonds. The van der Waals surface area contributed by atoms with E-state index in [4.69, 9.17) is 5.11 Å². The van der Waals surface area contributed by atoms with Crippen molar-refractivity contribution in [2.24, 2.45) is 0 Å².